The molecule has 1 saturated heterocycles. The largest absolute Gasteiger partial charge is 0.345 e. The molecule has 1 unspecified atom stereocenters. The van der Waals surface area contributed by atoms with Crippen molar-refractivity contribution in [1.82, 2.24) is 15.6 Å². The molecular weight excluding hydrogens is 349 g/mol. The molecule has 0 bridgehead atoms. The van der Waals surface area contributed by atoms with Gasteiger partial charge >= 0.3 is 0 Å². The van der Waals surface area contributed by atoms with Crippen LogP contribution in [0.2, 0.25) is 0 Å². The van der Waals surface area contributed by atoms with E-state index in [0.29, 0.717) is 12.5 Å². The topological polar surface area (TPSA) is 54.0 Å². The Morgan fingerprint density at radius 2 is 2.24 bits per heavy atom. The van der Waals surface area contributed by atoms with Gasteiger partial charge in [0.1, 0.15) is 5.01 Å². The molecule has 0 aromatic carbocycles. The van der Waals surface area contributed by atoms with Crippen molar-refractivity contribution >= 4 is 53.8 Å². The predicted octanol–water partition coefficient (Wildman–Crippen LogP) is 2.74. The van der Waals surface area contributed by atoms with Crippen LogP contribution in [-0.2, 0) is 10.3 Å². The maximum atomic E-state index is 12.1. The smallest absolute Gasteiger partial charge is 0.222 e. The lowest BCUT2D eigenvalue weighted by Crippen LogP contribution is -2.46. The van der Waals surface area contributed by atoms with Crippen molar-refractivity contribution in [3.63, 3.8) is 0 Å². The molecule has 1 atom stereocenters. The van der Waals surface area contributed by atoms with Gasteiger partial charge in [-0.25, -0.2) is 4.98 Å². The lowest BCUT2D eigenvalue weighted by atomic mass is 10.1. The summed E-state index contributed by atoms with van der Waals surface area (Å²) in [4.78, 5) is 17.7. The second-order valence-electron chi connectivity index (χ2n) is 5.38. The molecule has 1 fully saturated rings. The molecule has 8 heteroatoms. The number of aryl methyl sites for hydroxylation is 1. The Bertz CT molecular complexity index is 448. The second kappa shape index (κ2) is 9.20. The quantitative estimate of drug-likeness (QED) is 0.854. The zero-order chi connectivity index (χ0) is 13.9. The predicted molar refractivity (Wildman–Crippen MR) is 96.2 cm³/mol. The van der Waals surface area contributed by atoms with Crippen molar-refractivity contribution < 1.29 is 4.79 Å². The summed E-state index contributed by atoms with van der Waals surface area (Å²) < 4.78 is 0. The summed E-state index contributed by atoms with van der Waals surface area (Å²) in [5.41, 5.74) is -0.391. The van der Waals surface area contributed by atoms with E-state index in [9.17, 15) is 4.79 Å². The van der Waals surface area contributed by atoms with Crippen LogP contribution in [-0.4, -0.2) is 35.0 Å². The number of aromatic nitrogens is 1. The number of rotatable bonds is 4. The Labute approximate surface area is 147 Å². The number of carbonyl (C=O) groups excluding carboxylic acids is 1. The summed E-state index contributed by atoms with van der Waals surface area (Å²) in [6.45, 7) is 7.04. The first kappa shape index (κ1) is 21.0. The fraction of sp³-hybridized carbons (Fsp3) is 0.692. The number of amides is 1. The van der Waals surface area contributed by atoms with Gasteiger partial charge in [0, 0.05) is 41.6 Å². The van der Waals surface area contributed by atoms with E-state index in [2.05, 4.69) is 15.6 Å². The van der Waals surface area contributed by atoms with Crippen LogP contribution < -0.4 is 10.6 Å². The molecule has 21 heavy (non-hydrogen) atoms. The molecule has 1 aliphatic heterocycles. The maximum absolute atomic E-state index is 12.1. The van der Waals surface area contributed by atoms with E-state index in [1.807, 2.05) is 38.7 Å². The van der Waals surface area contributed by atoms with E-state index in [1.165, 1.54) is 4.88 Å². The van der Waals surface area contributed by atoms with Gasteiger partial charge in [-0.1, -0.05) is 0 Å². The van der Waals surface area contributed by atoms with Gasteiger partial charge in [-0.2, -0.15) is 11.8 Å². The average molecular weight is 372 g/mol. The number of carbonyl (C=O) groups is 1. The summed E-state index contributed by atoms with van der Waals surface area (Å²) in [6.07, 6.45) is 2.40. The van der Waals surface area contributed by atoms with E-state index in [1.54, 1.807) is 11.3 Å². The van der Waals surface area contributed by atoms with E-state index in [0.717, 1.165) is 23.1 Å². The van der Waals surface area contributed by atoms with Gasteiger partial charge in [0.25, 0.3) is 0 Å². The molecule has 1 aromatic rings. The van der Waals surface area contributed by atoms with Crippen LogP contribution >= 0.6 is 47.9 Å². The van der Waals surface area contributed by atoms with Crippen LogP contribution in [0.4, 0.5) is 0 Å². The molecule has 0 radical (unpaired) electrons. The molecule has 0 aliphatic carbocycles. The fourth-order valence-electron chi connectivity index (χ4n) is 2.07. The number of thiazole rings is 1. The zero-order valence-electron chi connectivity index (χ0n) is 12.5. The number of thioether (sulfide) groups is 1. The highest BCUT2D eigenvalue weighted by Crippen LogP contribution is 2.25. The van der Waals surface area contributed by atoms with Gasteiger partial charge in [0.05, 0.1) is 5.54 Å². The summed E-state index contributed by atoms with van der Waals surface area (Å²) in [6, 6.07) is 0.299. The number of halogens is 2. The highest BCUT2D eigenvalue weighted by atomic mass is 35.5. The minimum atomic E-state index is -0.391. The molecule has 1 aliphatic rings. The number of hydrogen-bond acceptors (Lipinski definition) is 5. The van der Waals surface area contributed by atoms with Crippen molar-refractivity contribution in [2.24, 2.45) is 0 Å². The van der Waals surface area contributed by atoms with Gasteiger partial charge in [-0.15, -0.1) is 36.2 Å². The lowest BCUT2D eigenvalue weighted by molar-refractivity contribution is -0.123. The van der Waals surface area contributed by atoms with Gasteiger partial charge in [0.15, 0.2) is 0 Å². The first-order chi connectivity index (χ1) is 8.97. The molecule has 1 amide bonds. The highest BCUT2D eigenvalue weighted by Gasteiger charge is 2.27. The number of hydrogen-bond donors (Lipinski definition) is 2. The summed E-state index contributed by atoms with van der Waals surface area (Å²) in [7, 11) is 0. The van der Waals surface area contributed by atoms with Gasteiger partial charge in [-0.05, 0) is 20.8 Å². The van der Waals surface area contributed by atoms with Crippen molar-refractivity contribution in [2.75, 3.05) is 18.1 Å². The van der Waals surface area contributed by atoms with Crippen LogP contribution in [0.25, 0.3) is 0 Å². The second-order valence-corrected chi connectivity index (χ2v) is 7.76. The Morgan fingerprint density at radius 3 is 2.76 bits per heavy atom. The average Bonchev–Trinajstić information content (AvgIpc) is 2.77. The van der Waals surface area contributed by atoms with E-state index in [4.69, 9.17) is 0 Å². The van der Waals surface area contributed by atoms with Gasteiger partial charge in [0.2, 0.25) is 5.91 Å². The maximum Gasteiger partial charge on any atom is 0.222 e. The third kappa shape index (κ3) is 6.32. The standard InChI is InChI=1S/C13H21N3OS2.2ClH/c1-9-7-15-12(19-9)13(2,3)16-11(17)6-10-8-18-5-4-14-10;;/h7,10,14H,4-6,8H2,1-3H3,(H,16,17);2*1H. The van der Waals surface area contributed by atoms with E-state index < -0.39 is 5.54 Å². The van der Waals surface area contributed by atoms with E-state index in [-0.39, 0.29) is 30.7 Å². The van der Waals surface area contributed by atoms with Crippen molar-refractivity contribution in [3.8, 4) is 0 Å². The Kier molecular flexibility index (Phi) is 9.20. The molecule has 2 heterocycles. The van der Waals surface area contributed by atoms with Crippen molar-refractivity contribution in [2.45, 2.75) is 38.8 Å². The molecule has 0 spiro atoms. The zero-order valence-corrected chi connectivity index (χ0v) is 15.7. The Balaban J connectivity index is 0.00000200. The highest BCUT2D eigenvalue weighted by molar-refractivity contribution is 7.99. The summed E-state index contributed by atoms with van der Waals surface area (Å²) in [5.74, 6) is 2.25. The molecule has 0 saturated carbocycles. The van der Waals surface area contributed by atoms with Crippen LogP contribution in [0.5, 0.6) is 0 Å². The number of nitrogens with one attached hydrogen (secondary N) is 2. The van der Waals surface area contributed by atoms with Gasteiger partial charge in [-0.3, -0.25) is 4.79 Å². The molecule has 122 valence electrons. The Morgan fingerprint density at radius 1 is 1.52 bits per heavy atom. The molecule has 1 aromatic heterocycles. The molecule has 4 nitrogen and oxygen atoms in total. The monoisotopic (exact) mass is 371 g/mol. The molecular formula is C13H23Cl2N3OS2. The van der Waals surface area contributed by atoms with Crippen LogP contribution in [0.1, 0.15) is 30.2 Å². The minimum Gasteiger partial charge on any atom is -0.345 e. The van der Waals surface area contributed by atoms with Crippen molar-refractivity contribution in [1.29, 1.82) is 0 Å². The molecule has 2 rings (SSSR count). The first-order valence-electron chi connectivity index (χ1n) is 6.52. The van der Waals surface area contributed by atoms with Crippen LogP contribution in [0, 0.1) is 6.92 Å². The number of nitrogens with zero attached hydrogens (tertiary/aromatic N) is 1. The van der Waals surface area contributed by atoms with Crippen molar-refractivity contribution in [3.05, 3.63) is 16.1 Å². The summed E-state index contributed by atoms with van der Waals surface area (Å²) >= 11 is 3.55. The van der Waals surface area contributed by atoms with Crippen LogP contribution in [0.3, 0.4) is 0 Å². The Hall–Kier alpha value is -0.0100. The minimum absolute atomic E-state index is 0. The van der Waals surface area contributed by atoms with E-state index >= 15 is 0 Å². The lowest BCUT2D eigenvalue weighted by Gasteiger charge is -2.27. The fourth-order valence-corrected chi connectivity index (χ4v) is 3.84. The normalized spacial score (nSPS) is 18.3. The van der Waals surface area contributed by atoms with Crippen LogP contribution in [0.15, 0.2) is 6.20 Å². The third-order valence-corrected chi connectivity index (χ3v) is 5.41. The summed E-state index contributed by atoms with van der Waals surface area (Å²) in [5, 5.41) is 7.44. The molecule has 2 N–H and O–H groups in total. The van der Waals surface area contributed by atoms with Gasteiger partial charge < -0.3 is 10.6 Å². The third-order valence-electron chi connectivity index (χ3n) is 3.04. The SMILES string of the molecule is Cc1cnc(C(C)(C)NC(=O)CC2CSCCN2)s1.Cl.Cl. The first-order valence-corrected chi connectivity index (χ1v) is 8.49.